The molecule has 160 valence electrons. The Balaban J connectivity index is 1.30. The average molecular weight is 454 g/mol. The van der Waals surface area contributed by atoms with E-state index in [1.54, 1.807) is 28.0 Å². The van der Waals surface area contributed by atoms with Gasteiger partial charge in [-0.1, -0.05) is 42.5 Å². The van der Waals surface area contributed by atoms with Crippen molar-refractivity contribution in [3.63, 3.8) is 0 Å². The Morgan fingerprint density at radius 1 is 1.19 bits per heavy atom. The lowest BCUT2D eigenvalue weighted by Crippen LogP contribution is -2.48. The molecule has 1 aliphatic heterocycles. The predicted octanol–water partition coefficient (Wildman–Crippen LogP) is 3.72. The van der Waals surface area contributed by atoms with E-state index in [1.807, 2.05) is 66.9 Å². The molecule has 31 heavy (non-hydrogen) atoms. The van der Waals surface area contributed by atoms with Gasteiger partial charge in [0.05, 0.1) is 18.1 Å². The van der Waals surface area contributed by atoms with Crippen LogP contribution in [0.25, 0.3) is 10.6 Å². The summed E-state index contributed by atoms with van der Waals surface area (Å²) in [5, 5.41) is 5.80. The highest BCUT2D eigenvalue weighted by Gasteiger charge is 2.34. The van der Waals surface area contributed by atoms with Crippen LogP contribution in [0.1, 0.15) is 11.3 Å². The van der Waals surface area contributed by atoms with Gasteiger partial charge in [0, 0.05) is 16.7 Å². The normalized spacial score (nSPS) is 15.6. The van der Waals surface area contributed by atoms with Crippen molar-refractivity contribution in [2.45, 2.75) is 19.5 Å². The molecule has 6 nitrogen and oxygen atoms in total. The quantitative estimate of drug-likeness (QED) is 0.590. The highest BCUT2D eigenvalue weighted by molar-refractivity contribution is 7.99. The van der Waals surface area contributed by atoms with Gasteiger partial charge in [0.1, 0.15) is 16.8 Å². The van der Waals surface area contributed by atoms with Crippen molar-refractivity contribution in [3.05, 3.63) is 71.2 Å². The third-order valence-electron chi connectivity index (χ3n) is 4.87. The van der Waals surface area contributed by atoms with Gasteiger partial charge in [-0.2, -0.15) is 0 Å². The second-order valence-corrected chi connectivity index (χ2v) is 9.07. The molecule has 2 heterocycles. The zero-order valence-corrected chi connectivity index (χ0v) is 18.7. The summed E-state index contributed by atoms with van der Waals surface area (Å²) in [6.45, 7) is 2.22. The number of carbonyl (C=O) groups excluding carboxylic acids is 2. The Kier molecular flexibility index (Phi) is 6.89. The highest BCUT2D eigenvalue weighted by atomic mass is 32.2. The Bertz CT molecular complexity index is 1050. The summed E-state index contributed by atoms with van der Waals surface area (Å²) >= 11 is 3.12. The molecule has 4 rings (SSSR count). The van der Waals surface area contributed by atoms with Crippen LogP contribution in [0.5, 0.6) is 5.75 Å². The summed E-state index contributed by atoms with van der Waals surface area (Å²) in [5.41, 5.74) is 2.93. The average Bonchev–Trinajstić information content (AvgIpc) is 3.46. The molecular formula is C23H23N3O3S2. The molecule has 1 aliphatic rings. The fraction of sp³-hybridized carbons (Fsp3) is 0.261. The number of aryl methyl sites for hydroxylation is 1. The van der Waals surface area contributed by atoms with Crippen LogP contribution in [0, 0.1) is 6.92 Å². The maximum atomic E-state index is 12.7. The van der Waals surface area contributed by atoms with E-state index in [0.29, 0.717) is 23.9 Å². The summed E-state index contributed by atoms with van der Waals surface area (Å²) in [4.78, 5) is 31.6. The largest absolute Gasteiger partial charge is 0.484 e. The number of benzene rings is 2. The van der Waals surface area contributed by atoms with Gasteiger partial charge in [-0.05, 0) is 24.6 Å². The van der Waals surface area contributed by atoms with Gasteiger partial charge >= 0.3 is 0 Å². The maximum Gasteiger partial charge on any atom is 0.261 e. The van der Waals surface area contributed by atoms with E-state index in [1.165, 1.54) is 0 Å². The molecule has 1 saturated heterocycles. The summed E-state index contributed by atoms with van der Waals surface area (Å²) in [6, 6.07) is 17.0. The van der Waals surface area contributed by atoms with Gasteiger partial charge in [-0.15, -0.1) is 23.1 Å². The molecule has 3 aromatic rings. The van der Waals surface area contributed by atoms with Crippen LogP contribution in [0.3, 0.4) is 0 Å². The smallest absolute Gasteiger partial charge is 0.261 e. The lowest BCUT2D eigenvalue weighted by atomic mass is 10.2. The number of thioether (sulfide) groups is 1. The Morgan fingerprint density at radius 2 is 2.03 bits per heavy atom. The monoisotopic (exact) mass is 453 g/mol. The number of ether oxygens (including phenoxy) is 1. The van der Waals surface area contributed by atoms with Gasteiger partial charge in [0.25, 0.3) is 5.91 Å². The summed E-state index contributed by atoms with van der Waals surface area (Å²) in [7, 11) is 0. The molecule has 1 aromatic heterocycles. The van der Waals surface area contributed by atoms with Crippen molar-refractivity contribution in [1.29, 1.82) is 0 Å². The molecule has 0 saturated carbocycles. The minimum absolute atomic E-state index is 0.0830. The SMILES string of the molecule is Cc1cccc(OCC(=O)N2CSC[C@@H]2C(=O)NCc2csc(-c3ccccc3)n2)c1. The van der Waals surface area contributed by atoms with E-state index >= 15 is 0 Å². The van der Waals surface area contributed by atoms with E-state index in [0.717, 1.165) is 21.8 Å². The first-order valence-electron chi connectivity index (χ1n) is 9.94. The zero-order chi connectivity index (χ0) is 21.6. The number of carbonyl (C=O) groups is 2. The van der Waals surface area contributed by atoms with Gasteiger partial charge in [-0.25, -0.2) is 4.98 Å². The molecule has 0 bridgehead atoms. The number of thiazole rings is 1. The highest BCUT2D eigenvalue weighted by Crippen LogP contribution is 2.24. The molecule has 0 unspecified atom stereocenters. The fourth-order valence-electron chi connectivity index (χ4n) is 3.24. The van der Waals surface area contributed by atoms with Gasteiger partial charge < -0.3 is 15.0 Å². The number of amides is 2. The van der Waals surface area contributed by atoms with Crippen molar-refractivity contribution in [2.24, 2.45) is 0 Å². The van der Waals surface area contributed by atoms with Gasteiger partial charge in [-0.3, -0.25) is 9.59 Å². The first-order valence-corrected chi connectivity index (χ1v) is 12.0. The van der Waals surface area contributed by atoms with Crippen LogP contribution in [0.15, 0.2) is 60.0 Å². The lowest BCUT2D eigenvalue weighted by molar-refractivity contribution is -0.139. The summed E-state index contributed by atoms with van der Waals surface area (Å²) < 4.78 is 5.62. The van der Waals surface area contributed by atoms with Crippen molar-refractivity contribution in [2.75, 3.05) is 18.2 Å². The summed E-state index contributed by atoms with van der Waals surface area (Å²) in [5.74, 6) is 1.37. The van der Waals surface area contributed by atoms with Crippen molar-refractivity contribution in [3.8, 4) is 16.3 Å². The fourth-order valence-corrected chi connectivity index (χ4v) is 5.24. The van der Waals surface area contributed by atoms with Crippen molar-refractivity contribution in [1.82, 2.24) is 15.2 Å². The number of hydrogen-bond donors (Lipinski definition) is 1. The number of aromatic nitrogens is 1. The maximum absolute atomic E-state index is 12.7. The molecular weight excluding hydrogens is 430 g/mol. The predicted molar refractivity (Wildman–Crippen MR) is 124 cm³/mol. The van der Waals surface area contributed by atoms with E-state index in [9.17, 15) is 9.59 Å². The van der Waals surface area contributed by atoms with Crippen LogP contribution in [-0.2, 0) is 16.1 Å². The van der Waals surface area contributed by atoms with Gasteiger partial charge in [0.15, 0.2) is 6.61 Å². The Labute approximate surface area is 189 Å². The van der Waals surface area contributed by atoms with E-state index in [-0.39, 0.29) is 18.4 Å². The topological polar surface area (TPSA) is 71.5 Å². The molecule has 2 aromatic carbocycles. The standard InChI is InChI=1S/C23H23N3O3S2/c1-16-6-5-9-19(10-16)29-12-21(27)26-15-30-14-20(26)22(28)24-11-18-13-31-23(25-18)17-7-3-2-4-8-17/h2-10,13,20H,11-12,14-15H2,1H3,(H,24,28)/t20-/m1/s1. The van der Waals surface area contributed by atoms with Crippen LogP contribution in [0.4, 0.5) is 0 Å². The van der Waals surface area contributed by atoms with E-state index < -0.39 is 6.04 Å². The molecule has 1 atom stereocenters. The molecule has 0 spiro atoms. The van der Waals surface area contributed by atoms with Crippen molar-refractivity contribution >= 4 is 34.9 Å². The molecule has 8 heteroatoms. The molecule has 0 aliphatic carbocycles. The van der Waals surface area contributed by atoms with Gasteiger partial charge in [0.2, 0.25) is 5.91 Å². The third kappa shape index (κ3) is 5.45. The van der Waals surface area contributed by atoms with E-state index in [2.05, 4.69) is 10.3 Å². The minimum atomic E-state index is -0.495. The molecule has 1 N–H and O–H groups in total. The number of hydrogen-bond acceptors (Lipinski definition) is 6. The summed E-state index contributed by atoms with van der Waals surface area (Å²) in [6.07, 6.45) is 0. The zero-order valence-electron chi connectivity index (χ0n) is 17.1. The molecule has 1 fully saturated rings. The second-order valence-electron chi connectivity index (χ2n) is 7.21. The Morgan fingerprint density at radius 3 is 2.84 bits per heavy atom. The lowest BCUT2D eigenvalue weighted by Gasteiger charge is -2.23. The number of nitrogens with one attached hydrogen (secondary N) is 1. The van der Waals surface area contributed by atoms with E-state index in [4.69, 9.17) is 4.74 Å². The third-order valence-corrected chi connectivity index (χ3v) is 6.83. The first kappa shape index (κ1) is 21.4. The first-order chi connectivity index (χ1) is 15.1. The van der Waals surface area contributed by atoms with Crippen LogP contribution >= 0.6 is 23.1 Å². The van der Waals surface area contributed by atoms with Crippen LogP contribution in [0.2, 0.25) is 0 Å². The minimum Gasteiger partial charge on any atom is -0.484 e. The Hall–Kier alpha value is -2.84. The number of nitrogens with zero attached hydrogens (tertiary/aromatic N) is 2. The van der Waals surface area contributed by atoms with Crippen LogP contribution in [-0.4, -0.2) is 46.0 Å². The molecule has 0 radical (unpaired) electrons. The second kappa shape index (κ2) is 9.98. The molecule has 2 amide bonds. The van der Waals surface area contributed by atoms with Crippen LogP contribution < -0.4 is 10.1 Å². The van der Waals surface area contributed by atoms with Crippen molar-refractivity contribution < 1.29 is 14.3 Å². The number of rotatable bonds is 7.